The third-order valence-electron chi connectivity index (χ3n) is 3.71. The van der Waals surface area contributed by atoms with Gasteiger partial charge in [0.25, 0.3) is 0 Å². The zero-order valence-electron chi connectivity index (χ0n) is 11.2. The summed E-state index contributed by atoms with van der Waals surface area (Å²) < 4.78 is 0. The molecule has 2 rings (SSSR count). The SMILES string of the molecule is CCCCCC(CC)c1ccnc(C2CC2)n1. The lowest BCUT2D eigenvalue weighted by Gasteiger charge is -2.14. The summed E-state index contributed by atoms with van der Waals surface area (Å²) in [5.41, 5.74) is 1.28. The van der Waals surface area contributed by atoms with E-state index in [1.165, 1.54) is 50.6 Å². The van der Waals surface area contributed by atoms with Crippen LogP contribution in [0.15, 0.2) is 12.3 Å². The number of nitrogens with zero attached hydrogens (tertiary/aromatic N) is 2. The van der Waals surface area contributed by atoms with Crippen LogP contribution in [0.2, 0.25) is 0 Å². The Bertz CT molecular complexity index is 345. The van der Waals surface area contributed by atoms with E-state index in [9.17, 15) is 0 Å². The molecule has 1 atom stereocenters. The molecule has 2 nitrogen and oxygen atoms in total. The maximum Gasteiger partial charge on any atom is 0.131 e. The van der Waals surface area contributed by atoms with E-state index < -0.39 is 0 Å². The van der Waals surface area contributed by atoms with Crippen LogP contribution in [0.25, 0.3) is 0 Å². The molecule has 1 unspecified atom stereocenters. The Labute approximate surface area is 105 Å². The summed E-state index contributed by atoms with van der Waals surface area (Å²) in [5, 5.41) is 0. The van der Waals surface area contributed by atoms with Gasteiger partial charge in [-0.25, -0.2) is 9.97 Å². The van der Waals surface area contributed by atoms with Crippen LogP contribution < -0.4 is 0 Å². The standard InChI is InChI=1S/C15H24N2/c1-3-5-6-7-12(4-2)14-10-11-16-15(17-14)13-8-9-13/h10-13H,3-9H2,1-2H3. The monoisotopic (exact) mass is 232 g/mol. The topological polar surface area (TPSA) is 25.8 Å². The van der Waals surface area contributed by atoms with E-state index in [4.69, 9.17) is 4.98 Å². The molecule has 1 aliphatic carbocycles. The number of hydrogen-bond donors (Lipinski definition) is 0. The summed E-state index contributed by atoms with van der Waals surface area (Å²) in [6.45, 7) is 4.53. The molecule has 1 heterocycles. The highest BCUT2D eigenvalue weighted by atomic mass is 14.9. The van der Waals surface area contributed by atoms with Crippen molar-refractivity contribution in [1.29, 1.82) is 0 Å². The Hall–Kier alpha value is -0.920. The molecule has 94 valence electrons. The van der Waals surface area contributed by atoms with Crippen LogP contribution in [-0.4, -0.2) is 9.97 Å². The summed E-state index contributed by atoms with van der Waals surface area (Å²) in [4.78, 5) is 9.18. The predicted octanol–water partition coefficient (Wildman–Crippen LogP) is 4.43. The van der Waals surface area contributed by atoms with Gasteiger partial charge in [0, 0.05) is 23.7 Å². The number of unbranched alkanes of at least 4 members (excludes halogenated alkanes) is 2. The molecule has 0 radical (unpaired) electrons. The second kappa shape index (κ2) is 6.13. The molecule has 1 aliphatic rings. The lowest BCUT2D eigenvalue weighted by Crippen LogP contribution is -2.04. The fourth-order valence-electron chi connectivity index (χ4n) is 2.36. The largest absolute Gasteiger partial charge is 0.241 e. The Morgan fingerprint density at radius 2 is 2.12 bits per heavy atom. The van der Waals surface area contributed by atoms with Crippen molar-refractivity contribution >= 4 is 0 Å². The Morgan fingerprint density at radius 1 is 1.29 bits per heavy atom. The van der Waals surface area contributed by atoms with Crippen LogP contribution >= 0.6 is 0 Å². The molecule has 2 heteroatoms. The summed E-state index contributed by atoms with van der Waals surface area (Å²) in [6.07, 6.45) is 11.0. The number of aromatic nitrogens is 2. The first-order valence-electron chi connectivity index (χ1n) is 7.18. The molecule has 1 aromatic heterocycles. The third-order valence-corrected chi connectivity index (χ3v) is 3.71. The van der Waals surface area contributed by atoms with Gasteiger partial charge in [0.05, 0.1) is 0 Å². The first-order valence-corrected chi connectivity index (χ1v) is 7.18. The average Bonchev–Trinajstić information content (AvgIpc) is 3.19. The van der Waals surface area contributed by atoms with Gasteiger partial charge in [-0.3, -0.25) is 0 Å². The molecular formula is C15H24N2. The minimum Gasteiger partial charge on any atom is -0.241 e. The van der Waals surface area contributed by atoms with Crippen LogP contribution in [-0.2, 0) is 0 Å². The van der Waals surface area contributed by atoms with Crippen molar-refractivity contribution in [3.63, 3.8) is 0 Å². The van der Waals surface area contributed by atoms with Crippen molar-refractivity contribution in [3.8, 4) is 0 Å². The van der Waals surface area contributed by atoms with Gasteiger partial charge in [-0.2, -0.15) is 0 Å². The van der Waals surface area contributed by atoms with Crippen LogP contribution in [0.5, 0.6) is 0 Å². The van der Waals surface area contributed by atoms with Crippen molar-refractivity contribution in [2.45, 2.75) is 70.6 Å². The Balaban J connectivity index is 1.99. The van der Waals surface area contributed by atoms with Crippen LogP contribution in [0.1, 0.15) is 82.1 Å². The van der Waals surface area contributed by atoms with E-state index >= 15 is 0 Å². The van der Waals surface area contributed by atoms with Crippen LogP contribution in [0.4, 0.5) is 0 Å². The van der Waals surface area contributed by atoms with E-state index in [0.29, 0.717) is 11.8 Å². The van der Waals surface area contributed by atoms with Crippen LogP contribution in [0, 0.1) is 0 Å². The maximum absolute atomic E-state index is 4.77. The summed E-state index contributed by atoms with van der Waals surface area (Å²) in [6, 6.07) is 2.12. The quantitative estimate of drug-likeness (QED) is 0.650. The van der Waals surface area contributed by atoms with Crippen molar-refractivity contribution in [3.05, 3.63) is 23.8 Å². The molecule has 0 aliphatic heterocycles. The summed E-state index contributed by atoms with van der Waals surface area (Å²) in [5.74, 6) is 2.40. The number of rotatable bonds is 7. The first kappa shape index (κ1) is 12.5. The molecule has 17 heavy (non-hydrogen) atoms. The lowest BCUT2D eigenvalue weighted by atomic mass is 9.95. The van der Waals surface area contributed by atoms with Gasteiger partial charge in [-0.15, -0.1) is 0 Å². The zero-order chi connectivity index (χ0) is 12.1. The smallest absolute Gasteiger partial charge is 0.131 e. The van der Waals surface area contributed by atoms with E-state index in [2.05, 4.69) is 24.9 Å². The molecule has 1 fully saturated rings. The summed E-state index contributed by atoms with van der Waals surface area (Å²) in [7, 11) is 0. The van der Waals surface area contributed by atoms with Crippen molar-refractivity contribution in [2.24, 2.45) is 0 Å². The lowest BCUT2D eigenvalue weighted by molar-refractivity contribution is 0.539. The molecule has 1 aromatic rings. The van der Waals surface area contributed by atoms with Gasteiger partial charge >= 0.3 is 0 Å². The average molecular weight is 232 g/mol. The first-order chi connectivity index (χ1) is 8.35. The molecular weight excluding hydrogens is 208 g/mol. The maximum atomic E-state index is 4.77. The third kappa shape index (κ3) is 3.52. The highest BCUT2D eigenvalue weighted by Gasteiger charge is 2.27. The zero-order valence-corrected chi connectivity index (χ0v) is 11.2. The molecule has 1 saturated carbocycles. The van der Waals surface area contributed by atoms with Gasteiger partial charge in [-0.1, -0.05) is 33.1 Å². The van der Waals surface area contributed by atoms with Gasteiger partial charge < -0.3 is 0 Å². The number of hydrogen-bond acceptors (Lipinski definition) is 2. The van der Waals surface area contributed by atoms with Crippen molar-refractivity contribution in [2.75, 3.05) is 0 Å². The van der Waals surface area contributed by atoms with E-state index in [1.54, 1.807) is 0 Å². The van der Waals surface area contributed by atoms with Gasteiger partial charge in [0.15, 0.2) is 0 Å². The molecule has 0 bridgehead atoms. The minimum absolute atomic E-state index is 0.641. The van der Waals surface area contributed by atoms with Gasteiger partial charge in [-0.05, 0) is 31.7 Å². The Morgan fingerprint density at radius 3 is 2.76 bits per heavy atom. The molecule has 0 aromatic carbocycles. The molecule has 0 amide bonds. The van der Waals surface area contributed by atoms with E-state index in [1.807, 2.05) is 6.20 Å². The highest BCUT2D eigenvalue weighted by molar-refractivity contribution is 5.13. The predicted molar refractivity (Wildman–Crippen MR) is 71.2 cm³/mol. The van der Waals surface area contributed by atoms with Crippen LogP contribution in [0.3, 0.4) is 0 Å². The second-order valence-corrected chi connectivity index (χ2v) is 5.21. The summed E-state index contributed by atoms with van der Waals surface area (Å²) >= 11 is 0. The fourth-order valence-corrected chi connectivity index (χ4v) is 2.36. The fraction of sp³-hybridized carbons (Fsp3) is 0.733. The van der Waals surface area contributed by atoms with Crippen molar-refractivity contribution < 1.29 is 0 Å². The van der Waals surface area contributed by atoms with Crippen molar-refractivity contribution in [1.82, 2.24) is 9.97 Å². The second-order valence-electron chi connectivity index (χ2n) is 5.21. The van der Waals surface area contributed by atoms with Gasteiger partial charge in [0.2, 0.25) is 0 Å². The normalized spacial score (nSPS) is 17.1. The molecule has 0 saturated heterocycles. The highest BCUT2D eigenvalue weighted by Crippen LogP contribution is 2.38. The molecule has 0 spiro atoms. The molecule has 0 N–H and O–H groups in total. The Kier molecular flexibility index (Phi) is 4.52. The van der Waals surface area contributed by atoms with E-state index in [-0.39, 0.29) is 0 Å². The van der Waals surface area contributed by atoms with Gasteiger partial charge in [0.1, 0.15) is 5.82 Å². The minimum atomic E-state index is 0.641. The van der Waals surface area contributed by atoms with E-state index in [0.717, 1.165) is 5.82 Å².